The summed E-state index contributed by atoms with van der Waals surface area (Å²) in [6, 6.07) is 9.53. The van der Waals surface area contributed by atoms with Crippen LogP contribution in [0.3, 0.4) is 0 Å². The van der Waals surface area contributed by atoms with Gasteiger partial charge in [0.05, 0.1) is 18.1 Å². The summed E-state index contributed by atoms with van der Waals surface area (Å²) in [7, 11) is 0. The maximum atomic E-state index is 11.4. The lowest BCUT2D eigenvalue weighted by Gasteiger charge is -2.18. The van der Waals surface area contributed by atoms with E-state index < -0.39 is 5.97 Å². The largest absolute Gasteiger partial charge is 0.478 e. The predicted molar refractivity (Wildman–Crippen MR) is 98.0 cm³/mol. The third-order valence-electron chi connectivity index (χ3n) is 4.27. The van der Waals surface area contributed by atoms with Gasteiger partial charge in [0.2, 0.25) is 0 Å². The van der Waals surface area contributed by atoms with Crippen LogP contribution in [0.2, 0.25) is 5.02 Å². The summed E-state index contributed by atoms with van der Waals surface area (Å²) < 4.78 is 3.80. The number of nitrogens with zero attached hydrogens (tertiary/aromatic N) is 3. The Morgan fingerprint density at radius 3 is 2.62 bits per heavy atom. The quantitative estimate of drug-likeness (QED) is 0.560. The van der Waals surface area contributed by atoms with Gasteiger partial charge in [0.15, 0.2) is 0 Å². The Labute approximate surface area is 154 Å². The van der Waals surface area contributed by atoms with Crippen LogP contribution < -0.4 is 0 Å². The Hall–Kier alpha value is -3.25. The lowest BCUT2D eigenvalue weighted by molar-refractivity contribution is 0.0697. The molecular formula is C19H15ClN4O2. The van der Waals surface area contributed by atoms with E-state index in [1.54, 1.807) is 23.3 Å². The SMILES string of the molecule is O=C(O)c1c[nH]cc1-n1ccc(C(c2ccc(Cl)cc2)n2ccnc2)c1. The monoisotopic (exact) mass is 366 g/mol. The predicted octanol–water partition coefficient (Wildman–Crippen LogP) is 3.99. The fraction of sp³-hybridized carbons (Fsp3) is 0.0526. The second kappa shape index (κ2) is 6.57. The lowest BCUT2D eigenvalue weighted by Crippen LogP contribution is -2.10. The average molecular weight is 367 g/mol. The Balaban J connectivity index is 1.78. The van der Waals surface area contributed by atoms with E-state index in [9.17, 15) is 9.90 Å². The Morgan fingerprint density at radius 2 is 1.92 bits per heavy atom. The number of carboxylic acid groups (broad SMARTS) is 1. The minimum absolute atomic E-state index is 0.0942. The van der Waals surface area contributed by atoms with Crippen molar-refractivity contribution in [2.75, 3.05) is 0 Å². The standard InChI is InChI=1S/C19H15ClN4O2/c20-15-3-1-13(2-4-15)18(24-8-6-21-12-24)14-5-7-23(11-14)17-10-22-9-16(17)19(25)26/h1-12,18,22H,(H,25,26). The van der Waals surface area contributed by atoms with Crippen molar-refractivity contribution in [1.82, 2.24) is 19.1 Å². The van der Waals surface area contributed by atoms with E-state index in [2.05, 4.69) is 9.97 Å². The molecule has 0 aliphatic carbocycles. The summed E-state index contributed by atoms with van der Waals surface area (Å²) in [5.41, 5.74) is 2.86. The highest BCUT2D eigenvalue weighted by Gasteiger charge is 2.19. The molecule has 0 radical (unpaired) electrons. The van der Waals surface area contributed by atoms with Gasteiger partial charge in [0.1, 0.15) is 5.56 Å². The molecule has 26 heavy (non-hydrogen) atoms. The van der Waals surface area contributed by atoms with Crippen LogP contribution in [0, 0.1) is 0 Å². The van der Waals surface area contributed by atoms with Crippen molar-refractivity contribution in [1.29, 1.82) is 0 Å². The fourth-order valence-corrected chi connectivity index (χ4v) is 3.20. The molecule has 7 heteroatoms. The van der Waals surface area contributed by atoms with Crippen LogP contribution in [0.4, 0.5) is 0 Å². The summed E-state index contributed by atoms with van der Waals surface area (Å²) >= 11 is 6.02. The number of aromatic nitrogens is 4. The molecule has 0 aliphatic heterocycles. The molecule has 0 saturated carbocycles. The van der Waals surface area contributed by atoms with Crippen LogP contribution >= 0.6 is 11.6 Å². The van der Waals surface area contributed by atoms with E-state index >= 15 is 0 Å². The highest BCUT2D eigenvalue weighted by molar-refractivity contribution is 6.30. The van der Waals surface area contributed by atoms with Crippen molar-refractivity contribution >= 4 is 17.6 Å². The van der Waals surface area contributed by atoms with Crippen molar-refractivity contribution in [2.45, 2.75) is 6.04 Å². The summed E-state index contributed by atoms with van der Waals surface area (Å²) in [6.07, 6.45) is 12.3. The van der Waals surface area contributed by atoms with E-state index in [0.717, 1.165) is 11.1 Å². The van der Waals surface area contributed by atoms with Crippen LogP contribution in [0.5, 0.6) is 0 Å². The van der Waals surface area contributed by atoms with Crippen LogP contribution in [0.15, 0.2) is 73.8 Å². The summed E-state index contributed by atoms with van der Waals surface area (Å²) in [4.78, 5) is 18.4. The Bertz CT molecular complexity index is 1030. The minimum Gasteiger partial charge on any atom is -0.478 e. The number of hydrogen-bond acceptors (Lipinski definition) is 2. The van der Waals surface area contributed by atoms with Crippen molar-refractivity contribution in [3.8, 4) is 5.69 Å². The first-order chi connectivity index (χ1) is 12.6. The molecule has 1 atom stereocenters. The topological polar surface area (TPSA) is 75.8 Å². The summed E-state index contributed by atoms with van der Waals surface area (Å²) in [5, 5.41) is 10.0. The maximum absolute atomic E-state index is 11.4. The first kappa shape index (κ1) is 16.2. The number of hydrogen-bond donors (Lipinski definition) is 2. The third kappa shape index (κ3) is 2.91. The first-order valence-corrected chi connectivity index (χ1v) is 8.32. The van der Waals surface area contributed by atoms with Gasteiger partial charge in [-0.2, -0.15) is 0 Å². The number of nitrogens with one attached hydrogen (secondary N) is 1. The molecule has 130 valence electrons. The molecule has 4 rings (SSSR count). The molecule has 2 N–H and O–H groups in total. The Morgan fingerprint density at radius 1 is 1.12 bits per heavy atom. The van der Waals surface area contributed by atoms with E-state index in [1.165, 1.54) is 6.20 Å². The maximum Gasteiger partial charge on any atom is 0.339 e. The number of rotatable bonds is 5. The van der Waals surface area contributed by atoms with Gasteiger partial charge in [-0.25, -0.2) is 9.78 Å². The number of carboxylic acids is 1. The van der Waals surface area contributed by atoms with Gasteiger partial charge in [-0.1, -0.05) is 23.7 Å². The van der Waals surface area contributed by atoms with Gasteiger partial charge >= 0.3 is 5.97 Å². The number of aromatic amines is 1. The van der Waals surface area contributed by atoms with Crippen molar-refractivity contribution in [2.24, 2.45) is 0 Å². The van der Waals surface area contributed by atoms with Crippen LogP contribution in [-0.2, 0) is 0 Å². The zero-order valence-electron chi connectivity index (χ0n) is 13.6. The molecule has 1 unspecified atom stereocenters. The zero-order chi connectivity index (χ0) is 18.1. The van der Waals surface area contributed by atoms with E-state index in [1.807, 2.05) is 53.5 Å². The van der Waals surface area contributed by atoms with E-state index in [-0.39, 0.29) is 11.6 Å². The highest BCUT2D eigenvalue weighted by Crippen LogP contribution is 2.29. The summed E-state index contributed by atoms with van der Waals surface area (Å²) in [6.45, 7) is 0. The molecular weight excluding hydrogens is 352 g/mol. The molecule has 0 saturated heterocycles. The number of H-pyrrole nitrogens is 1. The highest BCUT2D eigenvalue weighted by atomic mass is 35.5. The normalized spacial score (nSPS) is 12.2. The molecule has 4 aromatic rings. The second-order valence-corrected chi connectivity index (χ2v) is 6.31. The molecule has 6 nitrogen and oxygen atoms in total. The fourth-order valence-electron chi connectivity index (χ4n) is 3.07. The van der Waals surface area contributed by atoms with Crippen LogP contribution in [0.1, 0.15) is 27.5 Å². The number of benzene rings is 1. The first-order valence-electron chi connectivity index (χ1n) is 7.95. The average Bonchev–Trinajstić information content (AvgIpc) is 3.38. The Kier molecular flexibility index (Phi) is 4.10. The third-order valence-corrected chi connectivity index (χ3v) is 4.52. The molecule has 3 aromatic heterocycles. The number of halogens is 1. The van der Waals surface area contributed by atoms with Gasteiger partial charge in [-0.05, 0) is 29.3 Å². The molecule has 3 heterocycles. The van der Waals surface area contributed by atoms with Gasteiger partial charge in [-0.15, -0.1) is 0 Å². The number of carbonyl (C=O) groups is 1. The van der Waals surface area contributed by atoms with Gasteiger partial charge in [-0.3, -0.25) is 0 Å². The molecule has 0 bridgehead atoms. The van der Waals surface area contributed by atoms with Crippen LogP contribution in [-0.4, -0.2) is 30.2 Å². The molecule has 0 spiro atoms. The second-order valence-electron chi connectivity index (χ2n) is 5.88. The molecule has 1 aromatic carbocycles. The van der Waals surface area contributed by atoms with Gasteiger partial charge in [0, 0.05) is 42.2 Å². The van der Waals surface area contributed by atoms with E-state index in [4.69, 9.17) is 11.6 Å². The molecule has 0 aliphatic rings. The number of imidazole rings is 1. The molecule has 0 amide bonds. The van der Waals surface area contributed by atoms with Crippen molar-refractivity contribution in [3.63, 3.8) is 0 Å². The summed E-state index contributed by atoms with van der Waals surface area (Å²) in [5.74, 6) is -0.972. The van der Waals surface area contributed by atoms with Gasteiger partial charge in [0.25, 0.3) is 0 Å². The van der Waals surface area contributed by atoms with E-state index in [0.29, 0.717) is 10.7 Å². The lowest BCUT2D eigenvalue weighted by atomic mass is 10.0. The smallest absolute Gasteiger partial charge is 0.339 e. The number of aromatic carboxylic acids is 1. The van der Waals surface area contributed by atoms with Crippen molar-refractivity contribution < 1.29 is 9.90 Å². The molecule has 0 fully saturated rings. The van der Waals surface area contributed by atoms with Crippen LogP contribution in [0.25, 0.3) is 5.69 Å². The van der Waals surface area contributed by atoms with Crippen molar-refractivity contribution in [3.05, 3.63) is 95.6 Å². The van der Waals surface area contributed by atoms with Gasteiger partial charge < -0.3 is 19.2 Å². The minimum atomic E-state index is -0.972. The zero-order valence-corrected chi connectivity index (χ0v) is 14.3.